The van der Waals surface area contributed by atoms with Crippen molar-refractivity contribution in [3.8, 4) is 17.6 Å². The summed E-state index contributed by atoms with van der Waals surface area (Å²) >= 11 is 0. The molecule has 7 nitrogen and oxygen atoms in total. The molecule has 0 spiro atoms. The average Bonchev–Trinajstić information content (AvgIpc) is 3.16. The second-order valence-electron chi connectivity index (χ2n) is 6.63. The highest BCUT2D eigenvalue weighted by molar-refractivity contribution is 6.09. The number of amides is 1. The van der Waals surface area contributed by atoms with E-state index in [1.54, 1.807) is 31.2 Å². The SMILES string of the molecule is COc1cc(C=C(C#N)C(=O)Nc2cc(C)on2)ccc1OCc1ccc(C)cc1. The molecule has 0 fully saturated rings. The molecular weight excluding hydrogens is 382 g/mol. The summed E-state index contributed by atoms with van der Waals surface area (Å²) in [6.07, 6.45) is 1.47. The van der Waals surface area contributed by atoms with Crippen LogP contribution in [0.5, 0.6) is 11.5 Å². The summed E-state index contributed by atoms with van der Waals surface area (Å²) in [5.41, 5.74) is 2.77. The molecule has 2 aromatic carbocycles. The van der Waals surface area contributed by atoms with Crippen LogP contribution in [0.4, 0.5) is 5.82 Å². The minimum absolute atomic E-state index is 0.0778. The molecule has 0 saturated heterocycles. The van der Waals surface area contributed by atoms with E-state index in [2.05, 4.69) is 10.5 Å². The van der Waals surface area contributed by atoms with E-state index in [1.165, 1.54) is 18.7 Å². The number of carbonyl (C=O) groups excluding carboxylic acids is 1. The predicted molar refractivity (Wildman–Crippen MR) is 112 cm³/mol. The zero-order valence-corrected chi connectivity index (χ0v) is 16.9. The van der Waals surface area contributed by atoms with Gasteiger partial charge < -0.3 is 19.3 Å². The molecule has 7 heteroatoms. The summed E-state index contributed by atoms with van der Waals surface area (Å²) in [6.45, 7) is 4.13. The van der Waals surface area contributed by atoms with Crippen LogP contribution < -0.4 is 14.8 Å². The molecule has 1 aromatic heterocycles. The monoisotopic (exact) mass is 403 g/mol. The summed E-state index contributed by atoms with van der Waals surface area (Å²) in [5, 5.41) is 15.6. The number of carbonyl (C=O) groups is 1. The summed E-state index contributed by atoms with van der Waals surface area (Å²) in [4.78, 5) is 12.3. The maximum absolute atomic E-state index is 12.3. The van der Waals surface area contributed by atoms with Crippen molar-refractivity contribution < 1.29 is 18.8 Å². The van der Waals surface area contributed by atoms with Crippen molar-refractivity contribution in [2.75, 3.05) is 12.4 Å². The minimum atomic E-state index is -0.579. The van der Waals surface area contributed by atoms with E-state index in [9.17, 15) is 10.1 Å². The lowest BCUT2D eigenvalue weighted by Crippen LogP contribution is -2.13. The first-order valence-electron chi connectivity index (χ1n) is 9.21. The Morgan fingerprint density at radius 2 is 1.93 bits per heavy atom. The number of aryl methyl sites for hydroxylation is 2. The number of ether oxygens (including phenoxy) is 2. The topological polar surface area (TPSA) is 97.4 Å². The molecule has 152 valence electrons. The highest BCUT2D eigenvalue weighted by Gasteiger charge is 2.13. The number of aromatic nitrogens is 1. The Balaban J connectivity index is 1.74. The third-order valence-corrected chi connectivity index (χ3v) is 4.25. The number of hydrogen-bond acceptors (Lipinski definition) is 6. The third kappa shape index (κ3) is 5.26. The van der Waals surface area contributed by atoms with Crippen molar-refractivity contribution in [2.45, 2.75) is 20.5 Å². The molecule has 1 amide bonds. The van der Waals surface area contributed by atoms with E-state index in [0.717, 1.165) is 5.56 Å². The van der Waals surface area contributed by atoms with E-state index in [-0.39, 0.29) is 11.4 Å². The van der Waals surface area contributed by atoms with Gasteiger partial charge in [-0.2, -0.15) is 5.26 Å². The Kier molecular flexibility index (Phi) is 6.50. The summed E-state index contributed by atoms with van der Waals surface area (Å²) in [6, 6.07) is 16.7. The van der Waals surface area contributed by atoms with E-state index < -0.39 is 5.91 Å². The highest BCUT2D eigenvalue weighted by Crippen LogP contribution is 2.30. The number of nitrogens with zero attached hydrogens (tertiary/aromatic N) is 2. The lowest BCUT2D eigenvalue weighted by Gasteiger charge is -2.12. The standard InChI is InChI=1S/C23H21N3O4/c1-15-4-6-17(7-5-15)14-29-20-9-8-18(12-21(20)28-3)11-19(13-24)23(27)25-22-10-16(2)30-26-22/h4-12H,14H2,1-3H3,(H,25,26,27). The lowest BCUT2D eigenvalue weighted by molar-refractivity contribution is -0.112. The van der Waals surface area contributed by atoms with Gasteiger partial charge in [-0.3, -0.25) is 4.79 Å². The second-order valence-corrected chi connectivity index (χ2v) is 6.63. The fourth-order valence-corrected chi connectivity index (χ4v) is 2.66. The summed E-state index contributed by atoms with van der Waals surface area (Å²) < 4.78 is 16.2. The van der Waals surface area contributed by atoms with E-state index in [4.69, 9.17) is 14.0 Å². The Morgan fingerprint density at radius 3 is 2.57 bits per heavy atom. The Bertz CT molecular complexity index is 1110. The molecule has 0 aliphatic carbocycles. The predicted octanol–water partition coefficient (Wildman–Crippen LogP) is 4.42. The van der Waals surface area contributed by atoms with E-state index >= 15 is 0 Å². The molecule has 3 rings (SSSR count). The quantitative estimate of drug-likeness (QED) is 0.463. The average molecular weight is 403 g/mol. The van der Waals surface area contributed by atoms with E-state index in [0.29, 0.717) is 29.4 Å². The van der Waals surface area contributed by atoms with Gasteiger partial charge in [-0.15, -0.1) is 0 Å². The van der Waals surface area contributed by atoms with Crippen LogP contribution >= 0.6 is 0 Å². The van der Waals surface area contributed by atoms with Crippen LogP contribution in [0.3, 0.4) is 0 Å². The van der Waals surface area contributed by atoms with Crippen molar-refractivity contribution >= 4 is 17.8 Å². The van der Waals surface area contributed by atoms with Crippen molar-refractivity contribution in [1.29, 1.82) is 5.26 Å². The van der Waals surface area contributed by atoms with Crippen LogP contribution in [-0.2, 0) is 11.4 Å². The first kappa shape index (κ1) is 20.7. The van der Waals surface area contributed by atoms with Crippen LogP contribution in [-0.4, -0.2) is 18.2 Å². The van der Waals surface area contributed by atoms with Gasteiger partial charge in [0.25, 0.3) is 5.91 Å². The maximum atomic E-state index is 12.3. The Labute approximate surface area is 174 Å². The Morgan fingerprint density at radius 1 is 1.17 bits per heavy atom. The van der Waals surface area contributed by atoms with Gasteiger partial charge in [-0.25, -0.2) is 0 Å². The normalized spacial score (nSPS) is 10.9. The fraction of sp³-hybridized carbons (Fsp3) is 0.174. The first-order chi connectivity index (χ1) is 14.5. The molecule has 0 atom stereocenters. The Hall–Kier alpha value is -4.05. The highest BCUT2D eigenvalue weighted by atomic mass is 16.5. The molecule has 1 N–H and O–H groups in total. The molecule has 3 aromatic rings. The minimum Gasteiger partial charge on any atom is -0.493 e. The van der Waals surface area contributed by atoms with Gasteiger partial charge in [-0.1, -0.05) is 41.1 Å². The van der Waals surface area contributed by atoms with Crippen molar-refractivity contribution in [2.24, 2.45) is 0 Å². The first-order valence-corrected chi connectivity index (χ1v) is 9.21. The maximum Gasteiger partial charge on any atom is 0.267 e. The molecule has 0 bridgehead atoms. The molecule has 0 aliphatic heterocycles. The largest absolute Gasteiger partial charge is 0.493 e. The van der Waals surface area contributed by atoms with Crippen molar-refractivity contribution in [1.82, 2.24) is 5.16 Å². The molecule has 0 aliphatic rings. The van der Waals surface area contributed by atoms with E-state index in [1.807, 2.05) is 37.3 Å². The summed E-state index contributed by atoms with van der Waals surface area (Å²) in [7, 11) is 1.53. The molecule has 0 unspecified atom stereocenters. The van der Waals surface area contributed by atoms with Gasteiger partial charge in [-0.05, 0) is 43.2 Å². The van der Waals surface area contributed by atoms with Gasteiger partial charge >= 0.3 is 0 Å². The number of nitrogens with one attached hydrogen (secondary N) is 1. The number of rotatable bonds is 7. The van der Waals surface area contributed by atoms with Crippen LogP contribution in [0.25, 0.3) is 6.08 Å². The molecule has 0 radical (unpaired) electrons. The van der Waals surface area contributed by atoms with Gasteiger partial charge in [0.05, 0.1) is 7.11 Å². The number of methoxy groups -OCH3 is 1. The summed E-state index contributed by atoms with van der Waals surface area (Å²) in [5.74, 6) is 1.29. The zero-order valence-electron chi connectivity index (χ0n) is 16.9. The molecule has 1 heterocycles. The van der Waals surface area contributed by atoms with Crippen LogP contribution in [0.1, 0.15) is 22.5 Å². The molecule has 30 heavy (non-hydrogen) atoms. The van der Waals surface area contributed by atoms with Gasteiger partial charge in [0, 0.05) is 6.07 Å². The molecule has 0 saturated carbocycles. The van der Waals surface area contributed by atoms with Gasteiger partial charge in [0.2, 0.25) is 0 Å². The lowest BCUT2D eigenvalue weighted by atomic mass is 10.1. The van der Waals surface area contributed by atoms with Crippen LogP contribution in [0.2, 0.25) is 0 Å². The third-order valence-electron chi connectivity index (χ3n) is 4.25. The van der Waals surface area contributed by atoms with Gasteiger partial charge in [0.15, 0.2) is 17.3 Å². The van der Waals surface area contributed by atoms with Gasteiger partial charge in [0.1, 0.15) is 24.0 Å². The van der Waals surface area contributed by atoms with Crippen molar-refractivity contribution in [3.05, 3.63) is 76.6 Å². The van der Waals surface area contributed by atoms with Crippen LogP contribution in [0, 0.1) is 25.2 Å². The van der Waals surface area contributed by atoms with Crippen LogP contribution in [0.15, 0.2) is 58.6 Å². The number of nitriles is 1. The number of hydrogen-bond donors (Lipinski definition) is 1. The second kappa shape index (κ2) is 9.43. The fourth-order valence-electron chi connectivity index (χ4n) is 2.66. The zero-order chi connectivity index (χ0) is 21.5. The smallest absolute Gasteiger partial charge is 0.267 e. The molecular formula is C23H21N3O4. The number of benzene rings is 2. The van der Waals surface area contributed by atoms with Crippen molar-refractivity contribution in [3.63, 3.8) is 0 Å². The number of anilines is 1.